The van der Waals surface area contributed by atoms with E-state index in [0.717, 1.165) is 17.0 Å². The third-order valence-electron chi connectivity index (χ3n) is 3.22. The van der Waals surface area contributed by atoms with Crippen molar-refractivity contribution in [2.45, 2.75) is 43.9 Å². The van der Waals surface area contributed by atoms with Gasteiger partial charge in [0.1, 0.15) is 5.76 Å². The highest BCUT2D eigenvalue weighted by Crippen LogP contribution is 2.26. The summed E-state index contributed by atoms with van der Waals surface area (Å²) in [5, 5.41) is 2.96. The molecular weight excluding hydrogens is 340 g/mol. The van der Waals surface area contributed by atoms with Crippen LogP contribution in [0.5, 0.6) is 0 Å². The van der Waals surface area contributed by atoms with E-state index in [0.29, 0.717) is 17.4 Å². The van der Waals surface area contributed by atoms with Crippen molar-refractivity contribution in [2.24, 2.45) is 0 Å². The van der Waals surface area contributed by atoms with Crippen LogP contribution in [0.1, 0.15) is 32.2 Å². The molecule has 1 aromatic heterocycles. The van der Waals surface area contributed by atoms with E-state index >= 15 is 0 Å². The van der Waals surface area contributed by atoms with E-state index in [1.54, 1.807) is 23.5 Å². The number of oxazole rings is 1. The molecule has 24 heavy (non-hydrogen) atoms. The predicted octanol–water partition coefficient (Wildman–Crippen LogP) is 4.52. The number of carbonyl (C=O) groups is 1. The summed E-state index contributed by atoms with van der Waals surface area (Å²) in [6, 6.07) is 8.16. The lowest BCUT2D eigenvalue weighted by atomic mass is 10.1. The van der Waals surface area contributed by atoms with Crippen LogP contribution in [0.3, 0.4) is 0 Å². The Hall–Kier alpha value is -1.40. The summed E-state index contributed by atoms with van der Waals surface area (Å²) >= 11 is 3.25. The van der Waals surface area contributed by atoms with Crippen molar-refractivity contribution in [2.75, 3.05) is 12.0 Å². The summed E-state index contributed by atoms with van der Waals surface area (Å²) < 4.78 is 5.78. The molecule has 0 aliphatic carbocycles. The first kappa shape index (κ1) is 18.9. The maximum absolute atomic E-state index is 11.8. The first-order valence-electron chi connectivity index (χ1n) is 7.78. The van der Waals surface area contributed by atoms with E-state index in [2.05, 4.69) is 28.7 Å². The van der Waals surface area contributed by atoms with Gasteiger partial charge < -0.3 is 9.73 Å². The smallest absolute Gasteiger partial charge is 0.230 e. The lowest BCUT2D eigenvalue weighted by molar-refractivity contribution is -0.119. The Bertz CT molecular complexity index is 688. The van der Waals surface area contributed by atoms with E-state index in [9.17, 15) is 4.79 Å². The van der Waals surface area contributed by atoms with Gasteiger partial charge in [-0.15, -0.1) is 23.5 Å². The fourth-order valence-electron chi connectivity index (χ4n) is 2.11. The number of benzene rings is 1. The highest BCUT2D eigenvalue weighted by atomic mass is 32.2. The summed E-state index contributed by atoms with van der Waals surface area (Å²) in [4.78, 5) is 17.6. The zero-order valence-corrected chi connectivity index (χ0v) is 16.4. The van der Waals surface area contributed by atoms with Crippen molar-refractivity contribution in [1.29, 1.82) is 0 Å². The highest BCUT2D eigenvalue weighted by Gasteiger charge is 2.15. The SMILES string of the molecule is CSc1ccc(-c2nc(CSCC(=O)NC(C)(C)C)c(C)o2)cc1. The minimum atomic E-state index is -0.197. The van der Waals surface area contributed by atoms with Crippen molar-refractivity contribution in [3.05, 3.63) is 35.7 Å². The first-order chi connectivity index (χ1) is 11.3. The quantitative estimate of drug-likeness (QED) is 0.764. The third-order valence-corrected chi connectivity index (χ3v) is 4.90. The molecule has 0 radical (unpaired) electrons. The van der Waals surface area contributed by atoms with Gasteiger partial charge in [-0.1, -0.05) is 0 Å². The summed E-state index contributed by atoms with van der Waals surface area (Å²) in [6.07, 6.45) is 2.05. The van der Waals surface area contributed by atoms with Crippen molar-refractivity contribution in [1.82, 2.24) is 10.3 Å². The number of hydrogen-bond acceptors (Lipinski definition) is 5. The van der Waals surface area contributed by atoms with Crippen molar-refractivity contribution < 1.29 is 9.21 Å². The lowest BCUT2D eigenvalue weighted by Crippen LogP contribution is -2.41. The predicted molar refractivity (Wildman–Crippen MR) is 103 cm³/mol. The Morgan fingerprint density at radius 1 is 1.25 bits per heavy atom. The van der Waals surface area contributed by atoms with Crippen LogP contribution in [0.4, 0.5) is 0 Å². The van der Waals surface area contributed by atoms with Crippen LogP contribution in [-0.2, 0) is 10.5 Å². The van der Waals surface area contributed by atoms with Crippen LogP contribution in [0.25, 0.3) is 11.5 Å². The summed E-state index contributed by atoms with van der Waals surface area (Å²) in [5.74, 6) is 2.57. The van der Waals surface area contributed by atoms with Gasteiger partial charge >= 0.3 is 0 Å². The van der Waals surface area contributed by atoms with Crippen LogP contribution < -0.4 is 5.32 Å². The maximum atomic E-state index is 11.8. The van der Waals surface area contributed by atoms with Gasteiger partial charge in [-0.3, -0.25) is 4.79 Å². The van der Waals surface area contributed by atoms with Gasteiger partial charge in [0.25, 0.3) is 0 Å². The van der Waals surface area contributed by atoms with E-state index in [-0.39, 0.29) is 11.4 Å². The largest absolute Gasteiger partial charge is 0.441 e. The van der Waals surface area contributed by atoms with Crippen molar-refractivity contribution in [3.63, 3.8) is 0 Å². The maximum Gasteiger partial charge on any atom is 0.230 e. The summed E-state index contributed by atoms with van der Waals surface area (Å²) in [5.41, 5.74) is 1.67. The molecule has 2 rings (SSSR count). The minimum absolute atomic E-state index is 0.0431. The molecule has 0 unspecified atom stereocenters. The van der Waals surface area contributed by atoms with Crippen molar-refractivity contribution >= 4 is 29.4 Å². The molecule has 0 saturated heterocycles. The van der Waals surface area contributed by atoms with E-state index in [4.69, 9.17) is 4.42 Å². The number of amides is 1. The molecule has 1 N–H and O–H groups in total. The van der Waals surface area contributed by atoms with Gasteiger partial charge in [0.05, 0.1) is 11.4 Å². The normalized spacial score (nSPS) is 11.5. The molecule has 6 heteroatoms. The second-order valence-electron chi connectivity index (χ2n) is 6.54. The van der Waals surface area contributed by atoms with E-state index in [1.165, 1.54) is 4.90 Å². The number of carbonyl (C=O) groups excluding carboxylic acids is 1. The van der Waals surface area contributed by atoms with Crippen LogP contribution in [0, 0.1) is 6.92 Å². The molecule has 0 fully saturated rings. The Kier molecular flexibility index (Phi) is 6.40. The first-order valence-corrected chi connectivity index (χ1v) is 10.2. The zero-order valence-electron chi connectivity index (χ0n) is 14.8. The monoisotopic (exact) mass is 364 g/mol. The second-order valence-corrected chi connectivity index (χ2v) is 8.41. The third kappa shape index (κ3) is 5.60. The molecule has 0 atom stereocenters. The molecule has 2 aromatic rings. The molecule has 130 valence electrons. The Balaban J connectivity index is 1.95. The molecule has 1 aromatic carbocycles. The minimum Gasteiger partial charge on any atom is -0.441 e. The number of hydrogen-bond donors (Lipinski definition) is 1. The molecule has 0 saturated carbocycles. The van der Waals surface area contributed by atoms with E-state index < -0.39 is 0 Å². The molecule has 1 amide bonds. The highest BCUT2D eigenvalue weighted by molar-refractivity contribution is 7.99. The van der Waals surface area contributed by atoms with Crippen molar-refractivity contribution in [3.8, 4) is 11.5 Å². The average Bonchev–Trinajstić information content (AvgIpc) is 2.87. The number of thioether (sulfide) groups is 2. The topological polar surface area (TPSA) is 55.1 Å². The van der Waals surface area contributed by atoms with E-state index in [1.807, 2.05) is 39.8 Å². The molecule has 4 nitrogen and oxygen atoms in total. The fraction of sp³-hybridized carbons (Fsp3) is 0.444. The molecule has 1 heterocycles. The Labute approximate surface area is 152 Å². The van der Waals surface area contributed by atoms with Gasteiger partial charge in [0.2, 0.25) is 11.8 Å². The zero-order chi connectivity index (χ0) is 17.7. The number of aromatic nitrogens is 1. The molecule has 0 aliphatic rings. The van der Waals surface area contributed by atoms with Gasteiger partial charge in [-0.25, -0.2) is 4.98 Å². The van der Waals surface area contributed by atoms with Gasteiger partial charge in [-0.2, -0.15) is 0 Å². The van der Waals surface area contributed by atoms with Gasteiger partial charge in [0, 0.05) is 21.8 Å². The standard InChI is InChI=1S/C18H24N2O2S2/c1-12-15(10-24-11-16(21)20-18(2,3)4)19-17(22-12)13-6-8-14(23-5)9-7-13/h6-9H,10-11H2,1-5H3,(H,20,21). The number of nitrogens with one attached hydrogen (secondary N) is 1. The Morgan fingerprint density at radius 2 is 1.92 bits per heavy atom. The van der Waals surface area contributed by atoms with Crippen LogP contribution in [0.2, 0.25) is 0 Å². The fourth-order valence-corrected chi connectivity index (χ4v) is 3.34. The van der Waals surface area contributed by atoms with Gasteiger partial charge in [-0.05, 0) is 58.2 Å². The number of rotatable bonds is 6. The molecule has 0 aliphatic heterocycles. The summed E-state index contributed by atoms with van der Waals surface area (Å²) in [7, 11) is 0. The van der Waals surface area contributed by atoms with Gasteiger partial charge in [0.15, 0.2) is 0 Å². The van der Waals surface area contributed by atoms with Crippen LogP contribution >= 0.6 is 23.5 Å². The molecule has 0 bridgehead atoms. The average molecular weight is 365 g/mol. The van der Waals surface area contributed by atoms with Crippen LogP contribution in [0.15, 0.2) is 33.6 Å². The molecule has 0 spiro atoms. The molecular formula is C18H24N2O2S2. The van der Waals surface area contributed by atoms with Crippen LogP contribution in [-0.4, -0.2) is 28.4 Å². The Morgan fingerprint density at radius 3 is 2.50 bits per heavy atom. The second kappa shape index (κ2) is 8.12. The lowest BCUT2D eigenvalue weighted by Gasteiger charge is -2.20. The summed E-state index contributed by atoms with van der Waals surface area (Å²) in [6.45, 7) is 7.85. The number of nitrogens with zero attached hydrogens (tertiary/aromatic N) is 1. The number of aryl methyl sites for hydroxylation is 1.